The zero-order valence-electron chi connectivity index (χ0n) is 19.4. The summed E-state index contributed by atoms with van der Waals surface area (Å²) >= 11 is 6.14. The zero-order chi connectivity index (χ0) is 25.4. The third-order valence-electron chi connectivity index (χ3n) is 5.93. The number of carbonyl (C=O) groups is 1. The van der Waals surface area contributed by atoms with Crippen LogP contribution in [0.15, 0.2) is 36.7 Å². The van der Waals surface area contributed by atoms with Gasteiger partial charge in [-0.3, -0.25) is 14.5 Å². The Morgan fingerprint density at radius 3 is 2.71 bits per heavy atom. The first-order valence-electron chi connectivity index (χ1n) is 11.4. The van der Waals surface area contributed by atoms with Gasteiger partial charge >= 0.3 is 6.18 Å². The molecule has 188 valence electrons. The molecule has 0 spiro atoms. The summed E-state index contributed by atoms with van der Waals surface area (Å²) in [5, 5.41) is 20.9. The van der Waals surface area contributed by atoms with Crippen molar-refractivity contribution in [2.75, 3.05) is 5.32 Å². The third kappa shape index (κ3) is 6.24. The van der Waals surface area contributed by atoms with Crippen LogP contribution in [0.5, 0.6) is 0 Å². The molecule has 11 heteroatoms. The van der Waals surface area contributed by atoms with Gasteiger partial charge in [-0.25, -0.2) is 0 Å². The summed E-state index contributed by atoms with van der Waals surface area (Å²) in [4.78, 5) is 16.9. The van der Waals surface area contributed by atoms with Crippen LogP contribution in [-0.2, 0) is 12.7 Å². The number of nitrogens with one attached hydrogen (secondary N) is 2. The normalized spacial score (nSPS) is 19.1. The van der Waals surface area contributed by atoms with Crippen LogP contribution >= 0.6 is 11.6 Å². The van der Waals surface area contributed by atoms with Crippen molar-refractivity contribution in [1.29, 1.82) is 0 Å². The van der Waals surface area contributed by atoms with Crippen LogP contribution in [0.3, 0.4) is 0 Å². The number of alkyl halides is 3. The molecule has 1 fully saturated rings. The Bertz CT molecular complexity index is 1220. The fraction of sp³-hybridized carbons (Fsp3) is 0.458. The molecule has 0 unspecified atom stereocenters. The summed E-state index contributed by atoms with van der Waals surface area (Å²) in [7, 11) is 0. The first-order chi connectivity index (χ1) is 16.4. The molecule has 3 aromatic rings. The van der Waals surface area contributed by atoms with Gasteiger partial charge in [-0.1, -0.05) is 11.6 Å². The summed E-state index contributed by atoms with van der Waals surface area (Å²) in [5.41, 5.74) is -0.932. The second-order valence-electron chi connectivity index (χ2n) is 9.61. The number of benzene rings is 1. The molecule has 4 rings (SSSR count). The number of pyridine rings is 1. The highest BCUT2D eigenvalue weighted by atomic mass is 35.5. The van der Waals surface area contributed by atoms with E-state index in [1.807, 2.05) is 0 Å². The molecular weight excluding hydrogens is 483 g/mol. The van der Waals surface area contributed by atoms with Crippen LogP contribution in [-0.4, -0.2) is 43.5 Å². The van der Waals surface area contributed by atoms with E-state index >= 15 is 0 Å². The summed E-state index contributed by atoms with van der Waals surface area (Å²) < 4.78 is 41.7. The van der Waals surface area contributed by atoms with Gasteiger partial charge in [0.15, 0.2) is 5.15 Å². The topological polar surface area (TPSA) is 92.1 Å². The number of halogens is 4. The molecule has 2 atom stereocenters. The van der Waals surface area contributed by atoms with Crippen molar-refractivity contribution in [2.24, 2.45) is 0 Å². The Morgan fingerprint density at radius 2 is 2.00 bits per heavy atom. The molecule has 0 radical (unpaired) electrons. The van der Waals surface area contributed by atoms with Gasteiger partial charge in [0.05, 0.1) is 28.8 Å². The summed E-state index contributed by atoms with van der Waals surface area (Å²) in [5.74, 6) is -0.378. The average molecular weight is 510 g/mol. The van der Waals surface area contributed by atoms with Crippen LogP contribution in [0.25, 0.3) is 10.9 Å². The highest BCUT2D eigenvalue weighted by molar-refractivity contribution is 6.32. The molecule has 2 aromatic heterocycles. The molecule has 1 aliphatic carbocycles. The minimum absolute atomic E-state index is 0.0418. The lowest BCUT2D eigenvalue weighted by atomic mass is 9.90. The Morgan fingerprint density at radius 1 is 1.26 bits per heavy atom. The minimum Gasteiger partial charge on any atom is -0.389 e. The van der Waals surface area contributed by atoms with E-state index in [1.165, 1.54) is 17.1 Å². The van der Waals surface area contributed by atoms with Crippen LogP contribution < -0.4 is 10.6 Å². The van der Waals surface area contributed by atoms with Crippen molar-refractivity contribution in [3.8, 4) is 0 Å². The summed E-state index contributed by atoms with van der Waals surface area (Å²) in [6.45, 7) is 3.43. The van der Waals surface area contributed by atoms with E-state index in [-0.39, 0.29) is 40.8 Å². The van der Waals surface area contributed by atoms with E-state index < -0.39 is 17.3 Å². The molecule has 0 bridgehead atoms. The lowest BCUT2D eigenvalue weighted by molar-refractivity contribution is -0.137. The highest BCUT2D eigenvalue weighted by Crippen LogP contribution is 2.36. The number of aliphatic hydroxyl groups is 1. The van der Waals surface area contributed by atoms with Crippen molar-refractivity contribution in [3.63, 3.8) is 0 Å². The minimum atomic E-state index is -4.49. The molecule has 0 aliphatic heterocycles. The van der Waals surface area contributed by atoms with Crippen molar-refractivity contribution in [1.82, 2.24) is 20.1 Å². The maximum Gasteiger partial charge on any atom is 0.416 e. The maximum absolute atomic E-state index is 13.4. The van der Waals surface area contributed by atoms with E-state index in [9.17, 15) is 23.1 Å². The lowest BCUT2D eigenvalue weighted by Crippen LogP contribution is -2.41. The second-order valence-corrected chi connectivity index (χ2v) is 9.97. The number of aromatic nitrogens is 3. The third-order valence-corrected chi connectivity index (χ3v) is 6.21. The van der Waals surface area contributed by atoms with Crippen LogP contribution in [0.4, 0.5) is 18.9 Å². The number of carbonyl (C=O) groups excluding carboxylic acids is 1. The Hall–Kier alpha value is -2.85. The van der Waals surface area contributed by atoms with Gasteiger partial charge in [0, 0.05) is 35.6 Å². The van der Waals surface area contributed by atoms with Crippen molar-refractivity contribution in [2.45, 2.75) is 69.9 Å². The number of anilines is 1. The van der Waals surface area contributed by atoms with Crippen molar-refractivity contribution in [3.05, 3.63) is 52.9 Å². The lowest BCUT2D eigenvalue weighted by Gasteiger charge is -2.31. The molecule has 3 N–H and O–H groups in total. The van der Waals surface area contributed by atoms with Gasteiger partial charge in [0.25, 0.3) is 5.91 Å². The van der Waals surface area contributed by atoms with E-state index in [4.69, 9.17) is 11.6 Å². The smallest absolute Gasteiger partial charge is 0.389 e. The highest BCUT2D eigenvalue weighted by Gasteiger charge is 2.32. The van der Waals surface area contributed by atoms with Gasteiger partial charge in [0.1, 0.15) is 0 Å². The van der Waals surface area contributed by atoms with Crippen LogP contribution in [0.2, 0.25) is 5.15 Å². The van der Waals surface area contributed by atoms with Gasteiger partial charge in [-0.05, 0) is 63.8 Å². The molecule has 1 aliphatic rings. The fourth-order valence-electron chi connectivity index (χ4n) is 4.43. The number of rotatable bonds is 6. The van der Waals surface area contributed by atoms with E-state index in [2.05, 4.69) is 20.7 Å². The summed E-state index contributed by atoms with van der Waals surface area (Å²) in [6.07, 6.45) is 1.31. The maximum atomic E-state index is 13.4. The Balaban J connectivity index is 1.47. The molecule has 0 saturated heterocycles. The van der Waals surface area contributed by atoms with Crippen LogP contribution in [0.1, 0.15) is 55.5 Å². The molecule has 1 aromatic carbocycles. The first-order valence-corrected chi connectivity index (χ1v) is 11.8. The van der Waals surface area contributed by atoms with E-state index in [1.54, 1.807) is 26.0 Å². The summed E-state index contributed by atoms with van der Waals surface area (Å²) in [6, 6.07) is 5.27. The zero-order valence-corrected chi connectivity index (χ0v) is 20.1. The van der Waals surface area contributed by atoms with Gasteiger partial charge in [0.2, 0.25) is 0 Å². The Labute approximate surface area is 205 Å². The van der Waals surface area contributed by atoms with E-state index in [0.717, 1.165) is 31.4 Å². The SMILES string of the molecule is CC(C)(O)Cn1cc(C(=O)N[C@@H]2CCC[C@H](Nc3cc(C(F)(F)F)cc4ncccc34)C2)c(Cl)n1. The number of nitrogens with zero attached hydrogens (tertiary/aromatic N) is 3. The molecular formula is C24H27ClF3N5O2. The molecule has 7 nitrogen and oxygen atoms in total. The molecule has 1 amide bonds. The van der Waals surface area contributed by atoms with Crippen LogP contribution in [0, 0.1) is 0 Å². The Kier molecular flexibility index (Phi) is 6.97. The van der Waals surface area contributed by atoms with Gasteiger partial charge in [-0.2, -0.15) is 18.3 Å². The fourth-order valence-corrected chi connectivity index (χ4v) is 4.66. The number of hydrogen-bond acceptors (Lipinski definition) is 5. The molecule has 35 heavy (non-hydrogen) atoms. The number of hydrogen-bond donors (Lipinski definition) is 3. The predicted molar refractivity (Wildman–Crippen MR) is 127 cm³/mol. The van der Waals surface area contributed by atoms with Crippen molar-refractivity contribution < 1.29 is 23.1 Å². The molecule has 1 saturated carbocycles. The predicted octanol–water partition coefficient (Wildman–Crippen LogP) is 5.03. The number of amides is 1. The quantitative estimate of drug-likeness (QED) is 0.433. The number of fused-ring (bicyclic) bond motifs is 1. The average Bonchev–Trinajstić information content (AvgIpc) is 3.11. The van der Waals surface area contributed by atoms with Crippen molar-refractivity contribution >= 4 is 34.1 Å². The van der Waals surface area contributed by atoms with Gasteiger partial charge in [-0.15, -0.1) is 0 Å². The van der Waals surface area contributed by atoms with Gasteiger partial charge < -0.3 is 15.7 Å². The second kappa shape index (κ2) is 9.66. The monoisotopic (exact) mass is 509 g/mol. The standard InChI is InChI=1S/C24H27ClF3N5O2/c1-23(2,35)13-33-12-18(21(25)32-33)22(34)31-16-6-3-5-15(11-16)30-20-10-14(24(26,27)28)9-19-17(20)7-4-8-29-19/h4,7-10,12,15-16,30,35H,3,5-6,11,13H2,1-2H3,(H,31,34)/t15-,16+/m0/s1. The molecule has 2 heterocycles. The largest absolute Gasteiger partial charge is 0.416 e. The first kappa shape index (κ1) is 25.2. The van der Waals surface area contributed by atoms with E-state index in [0.29, 0.717) is 17.5 Å².